The first-order valence-corrected chi connectivity index (χ1v) is 12.6. The molecular weight excluding hydrogens is 508 g/mol. The molecule has 0 N–H and O–H groups in total. The first kappa shape index (κ1) is 24.3. The fraction of sp³-hybridized carbons (Fsp3) is 0.280. The fourth-order valence-electron chi connectivity index (χ4n) is 4.86. The molecule has 0 bridgehead atoms. The van der Waals surface area contributed by atoms with Gasteiger partial charge < -0.3 is 9.80 Å². The topological polar surface area (TPSA) is 82.2 Å². The Balaban J connectivity index is 1.74. The summed E-state index contributed by atoms with van der Waals surface area (Å²) < 4.78 is 29.9. The highest BCUT2D eigenvalue weighted by Crippen LogP contribution is 2.46. The number of amides is 1. The molecule has 2 aliphatic rings. The molecule has 3 aromatic rings. The Morgan fingerprint density at radius 1 is 1.33 bits per heavy atom. The molecule has 5 rings (SSSR count). The molecule has 0 radical (unpaired) electrons. The number of nitrogens with zero attached hydrogens (tertiary/aromatic N) is 5. The summed E-state index contributed by atoms with van der Waals surface area (Å²) in [5.74, 6) is -0.920. The Hall–Kier alpha value is -3.42. The quantitative estimate of drug-likeness (QED) is 0.474. The van der Waals surface area contributed by atoms with E-state index in [9.17, 15) is 23.6 Å². The van der Waals surface area contributed by atoms with E-state index in [0.29, 0.717) is 33.7 Å². The third-order valence-corrected chi connectivity index (χ3v) is 7.90. The summed E-state index contributed by atoms with van der Waals surface area (Å²) in [4.78, 5) is 33.6. The van der Waals surface area contributed by atoms with Gasteiger partial charge in [-0.05, 0) is 31.2 Å². The maximum absolute atomic E-state index is 14.8. The lowest BCUT2D eigenvalue weighted by Gasteiger charge is -2.43. The zero-order chi connectivity index (χ0) is 25.7. The molecule has 36 heavy (non-hydrogen) atoms. The highest BCUT2D eigenvalue weighted by atomic mass is 35.5. The lowest BCUT2D eigenvalue weighted by Crippen LogP contribution is -2.59. The Bertz CT molecular complexity index is 1540. The van der Waals surface area contributed by atoms with Gasteiger partial charge in [-0.3, -0.25) is 9.36 Å². The van der Waals surface area contributed by atoms with Crippen molar-refractivity contribution in [3.05, 3.63) is 64.1 Å². The molecule has 2 aliphatic heterocycles. The van der Waals surface area contributed by atoms with Crippen LogP contribution in [0.5, 0.6) is 0 Å². The van der Waals surface area contributed by atoms with Crippen molar-refractivity contribution in [1.29, 1.82) is 5.26 Å². The summed E-state index contributed by atoms with van der Waals surface area (Å²) in [6.07, 6.45) is 1.21. The number of aromatic nitrogens is 2. The van der Waals surface area contributed by atoms with E-state index >= 15 is 0 Å². The summed E-state index contributed by atoms with van der Waals surface area (Å²) in [6, 6.07) is 6.08. The second-order valence-electron chi connectivity index (χ2n) is 8.64. The zero-order valence-corrected chi connectivity index (χ0v) is 20.7. The zero-order valence-electron chi connectivity index (χ0n) is 19.2. The predicted molar refractivity (Wildman–Crippen MR) is 135 cm³/mol. The van der Waals surface area contributed by atoms with E-state index in [-0.39, 0.29) is 41.4 Å². The third-order valence-electron chi connectivity index (χ3n) is 6.53. The minimum absolute atomic E-state index is 0.114. The standard InChI is InChI=1S/C25H20ClF2N5O2S/c1-3-20(34)32-12-15(10-29)33(11-13(32)2)24-17-9-18(26)21(16-5-4-14(27)8-19(16)28)23-22(17)31(6-7-36-23)25(35)30-24/h3-5,8-9,13,15H,1,6-7,11-12H2,2H3/t13-,15+/m1/s1. The van der Waals surface area contributed by atoms with Gasteiger partial charge in [0.1, 0.15) is 23.5 Å². The Labute approximate surface area is 214 Å². The smallest absolute Gasteiger partial charge is 0.336 e. The number of thioether (sulfide) groups is 1. The van der Waals surface area contributed by atoms with Crippen molar-refractivity contribution < 1.29 is 13.6 Å². The lowest BCUT2D eigenvalue weighted by atomic mass is 10.0. The third kappa shape index (κ3) is 3.83. The summed E-state index contributed by atoms with van der Waals surface area (Å²) in [5, 5.41) is 10.7. The van der Waals surface area contributed by atoms with Gasteiger partial charge in [0.15, 0.2) is 0 Å². The summed E-state index contributed by atoms with van der Waals surface area (Å²) in [7, 11) is 0. The van der Waals surface area contributed by atoms with Gasteiger partial charge >= 0.3 is 5.69 Å². The Morgan fingerprint density at radius 2 is 2.11 bits per heavy atom. The van der Waals surface area contributed by atoms with Crippen LogP contribution >= 0.6 is 23.4 Å². The van der Waals surface area contributed by atoms with E-state index in [1.54, 1.807) is 15.9 Å². The average Bonchev–Trinajstić information content (AvgIpc) is 2.86. The minimum Gasteiger partial charge on any atom is -0.336 e. The van der Waals surface area contributed by atoms with E-state index < -0.39 is 23.4 Å². The molecule has 0 aliphatic carbocycles. The van der Waals surface area contributed by atoms with Crippen LogP contribution in [0.25, 0.3) is 22.0 Å². The monoisotopic (exact) mass is 527 g/mol. The van der Waals surface area contributed by atoms with Gasteiger partial charge in [0.2, 0.25) is 5.91 Å². The maximum Gasteiger partial charge on any atom is 0.350 e. The Morgan fingerprint density at radius 3 is 2.81 bits per heavy atom. The van der Waals surface area contributed by atoms with Gasteiger partial charge in [0.05, 0.1) is 23.2 Å². The van der Waals surface area contributed by atoms with Crippen molar-refractivity contribution >= 4 is 46.0 Å². The van der Waals surface area contributed by atoms with E-state index in [4.69, 9.17) is 11.6 Å². The first-order chi connectivity index (χ1) is 17.2. The van der Waals surface area contributed by atoms with Crippen LogP contribution in [0.4, 0.5) is 14.6 Å². The number of hydrogen-bond acceptors (Lipinski definition) is 6. The van der Waals surface area contributed by atoms with E-state index in [1.165, 1.54) is 28.5 Å². The van der Waals surface area contributed by atoms with Crippen LogP contribution < -0.4 is 10.6 Å². The molecule has 1 aromatic heterocycles. The minimum atomic E-state index is -0.761. The van der Waals surface area contributed by atoms with E-state index in [2.05, 4.69) is 17.6 Å². The number of aryl methyl sites for hydroxylation is 1. The van der Waals surface area contributed by atoms with Crippen molar-refractivity contribution in [3.63, 3.8) is 0 Å². The second kappa shape index (κ2) is 9.22. The fourth-order valence-corrected chi connectivity index (χ4v) is 6.42. The first-order valence-electron chi connectivity index (χ1n) is 11.2. The number of hydrogen-bond donors (Lipinski definition) is 0. The number of piperazine rings is 1. The molecular formula is C25H20ClF2N5O2S. The molecule has 0 spiro atoms. The second-order valence-corrected chi connectivity index (χ2v) is 10.2. The molecule has 184 valence electrons. The summed E-state index contributed by atoms with van der Waals surface area (Å²) in [5.41, 5.74) is 0.549. The molecule has 2 aromatic carbocycles. The summed E-state index contributed by atoms with van der Waals surface area (Å²) in [6.45, 7) is 6.15. The van der Waals surface area contributed by atoms with Crippen molar-refractivity contribution in [2.45, 2.75) is 30.4 Å². The Kier molecular flexibility index (Phi) is 6.22. The van der Waals surface area contributed by atoms with Gasteiger partial charge in [-0.1, -0.05) is 18.2 Å². The van der Waals surface area contributed by atoms with Crippen LogP contribution in [0.1, 0.15) is 6.92 Å². The number of carbonyl (C=O) groups excluding carboxylic acids is 1. The molecule has 7 nitrogen and oxygen atoms in total. The van der Waals surface area contributed by atoms with Crippen LogP contribution in [0.15, 0.2) is 46.6 Å². The van der Waals surface area contributed by atoms with Crippen LogP contribution in [0.3, 0.4) is 0 Å². The highest BCUT2D eigenvalue weighted by molar-refractivity contribution is 7.99. The number of nitriles is 1. The molecule has 0 saturated carbocycles. The lowest BCUT2D eigenvalue weighted by molar-refractivity contribution is -0.128. The molecule has 11 heteroatoms. The van der Waals surface area contributed by atoms with E-state index in [1.807, 2.05) is 6.92 Å². The van der Waals surface area contributed by atoms with Gasteiger partial charge in [-0.25, -0.2) is 13.6 Å². The number of benzene rings is 2. The van der Waals surface area contributed by atoms with Crippen molar-refractivity contribution in [2.75, 3.05) is 23.7 Å². The number of anilines is 1. The van der Waals surface area contributed by atoms with Crippen LogP contribution in [0, 0.1) is 23.0 Å². The predicted octanol–water partition coefficient (Wildman–Crippen LogP) is 4.22. The normalized spacial score (nSPS) is 19.3. The largest absolute Gasteiger partial charge is 0.350 e. The molecule has 1 amide bonds. The average molecular weight is 528 g/mol. The van der Waals surface area contributed by atoms with Crippen molar-refractivity contribution in [1.82, 2.24) is 14.5 Å². The SMILES string of the molecule is C=CC(=O)N1C[C@H](C#N)N(c2nc(=O)n3c4c(c(-c5ccc(F)cc5F)c(Cl)cc24)SCC3)C[C@H]1C. The number of carbonyl (C=O) groups is 1. The van der Waals surface area contributed by atoms with Crippen LogP contribution in [-0.2, 0) is 11.3 Å². The van der Waals surface area contributed by atoms with Gasteiger partial charge in [0.25, 0.3) is 0 Å². The van der Waals surface area contributed by atoms with E-state index in [0.717, 1.165) is 12.1 Å². The van der Waals surface area contributed by atoms with Crippen molar-refractivity contribution in [3.8, 4) is 17.2 Å². The number of rotatable bonds is 3. The molecule has 1 fully saturated rings. The van der Waals surface area contributed by atoms with Gasteiger partial charge in [0, 0.05) is 52.4 Å². The molecule has 0 unspecified atom stereocenters. The van der Waals surface area contributed by atoms with Crippen LogP contribution in [0.2, 0.25) is 5.02 Å². The number of halogens is 3. The van der Waals surface area contributed by atoms with Gasteiger partial charge in [-0.15, -0.1) is 11.8 Å². The molecule has 1 saturated heterocycles. The molecule has 2 atom stereocenters. The summed E-state index contributed by atoms with van der Waals surface area (Å²) >= 11 is 8.13. The van der Waals surface area contributed by atoms with Crippen molar-refractivity contribution in [2.24, 2.45) is 0 Å². The van der Waals surface area contributed by atoms with Crippen LogP contribution in [-0.4, -0.2) is 51.3 Å². The maximum atomic E-state index is 14.8. The molecule has 3 heterocycles. The highest BCUT2D eigenvalue weighted by Gasteiger charge is 2.36. The van der Waals surface area contributed by atoms with Gasteiger partial charge in [-0.2, -0.15) is 10.2 Å².